The Morgan fingerprint density at radius 1 is 1.15 bits per heavy atom. The zero-order chi connectivity index (χ0) is 29.4. The molecule has 5 heterocycles. The molecule has 0 atom stereocenters. The first kappa shape index (κ1) is 28.4. The van der Waals surface area contributed by atoms with Crippen LogP contribution in [0.15, 0.2) is 36.7 Å². The van der Waals surface area contributed by atoms with E-state index in [-0.39, 0.29) is 21.8 Å². The van der Waals surface area contributed by atoms with Crippen LogP contribution in [-0.2, 0) is 9.47 Å². The highest BCUT2D eigenvalue weighted by atomic mass is 32.2. The molecule has 41 heavy (non-hydrogen) atoms. The van der Waals surface area contributed by atoms with Crippen molar-refractivity contribution in [2.75, 3.05) is 44.7 Å². The number of piperazine rings is 1. The molecular formula is C28H33N9O3S. The molecule has 3 aromatic heterocycles. The van der Waals surface area contributed by atoms with Gasteiger partial charge in [-0.3, -0.25) is 15.8 Å². The normalized spacial score (nSPS) is 16.6. The van der Waals surface area contributed by atoms with Crippen molar-refractivity contribution in [3.05, 3.63) is 47.8 Å². The lowest BCUT2D eigenvalue weighted by molar-refractivity contribution is -0.0318. The maximum absolute atomic E-state index is 12.4. The maximum Gasteiger partial charge on any atom is 0.410 e. The van der Waals surface area contributed by atoms with Crippen LogP contribution in [0.5, 0.6) is 0 Å². The van der Waals surface area contributed by atoms with Gasteiger partial charge in [0.05, 0.1) is 47.4 Å². The first-order valence-corrected chi connectivity index (χ1v) is 14.1. The van der Waals surface area contributed by atoms with E-state index in [1.165, 1.54) is 6.20 Å². The summed E-state index contributed by atoms with van der Waals surface area (Å²) >= 11 is 1.05. The fraction of sp³-hybridized carbons (Fsp3) is 0.429. The average molecular weight is 576 g/mol. The standard InChI is InChI=1S/C28H33N9O3S/c1-27(2,3)40-26(38)36-9-7-35(8-10-36)25(31)41-24(30)20-15-32-22(12-21(20)34-28(4)16-39-17-28)23-6-5-19-11-18(13-29)14-33-37(19)23/h5-6,11-12,14-15,30-31H,7-10,16-17H2,1-4H3,(H,32,34). The summed E-state index contributed by atoms with van der Waals surface area (Å²) in [5.74, 6) is 0. The Balaban J connectivity index is 1.32. The summed E-state index contributed by atoms with van der Waals surface area (Å²) in [5, 5.41) is 35.1. The highest BCUT2D eigenvalue weighted by Gasteiger charge is 2.34. The van der Waals surface area contributed by atoms with Gasteiger partial charge in [-0.1, -0.05) is 0 Å². The van der Waals surface area contributed by atoms with Crippen LogP contribution in [0.2, 0.25) is 0 Å². The largest absolute Gasteiger partial charge is 0.444 e. The monoisotopic (exact) mass is 575 g/mol. The van der Waals surface area contributed by atoms with Gasteiger partial charge < -0.3 is 24.6 Å². The molecule has 2 saturated heterocycles. The Kier molecular flexibility index (Phi) is 7.63. The van der Waals surface area contributed by atoms with Crippen molar-refractivity contribution in [3.63, 3.8) is 0 Å². The molecule has 5 rings (SSSR count). The van der Waals surface area contributed by atoms with Crippen LogP contribution in [0.4, 0.5) is 10.5 Å². The van der Waals surface area contributed by atoms with Gasteiger partial charge in [0, 0.05) is 43.6 Å². The summed E-state index contributed by atoms with van der Waals surface area (Å²) < 4.78 is 12.6. The Labute approximate surface area is 242 Å². The van der Waals surface area contributed by atoms with E-state index >= 15 is 0 Å². The molecule has 2 fully saturated rings. The summed E-state index contributed by atoms with van der Waals surface area (Å²) in [6.45, 7) is 10.5. The molecule has 13 heteroatoms. The number of amides is 1. The fourth-order valence-electron chi connectivity index (χ4n) is 4.57. The van der Waals surface area contributed by atoms with Crippen molar-refractivity contribution in [1.82, 2.24) is 24.4 Å². The molecule has 2 aliphatic heterocycles. The molecule has 0 saturated carbocycles. The minimum Gasteiger partial charge on any atom is -0.444 e. The van der Waals surface area contributed by atoms with Gasteiger partial charge >= 0.3 is 6.09 Å². The molecule has 3 aromatic rings. The van der Waals surface area contributed by atoms with E-state index in [1.54, 1.807) is 21.7 Å². The third kappa shape index (κ3) is 6.28. The first-order valence-electron chi connectivity index (χ1n) is 13.3. The highest BCUT2D eigenvalue weighted by Crippen LogP contribution is 2.32. The first-order chi connectivity index (χ1) is 19.4. The number of nitrogens with zero attached hydrogens (tertiary/aromatic N) is 6. The molecule has 214 valence electrons. The number of ether oxygens (including phenoxy) is 2. The predicted molar refractivity (Wildman–Crippen MR) is 158 cm³/mol. The van der Waals surface area contributed by atoms with Crippen LogP contribution in [0.25, 0.3) is 16.9 Å². The number of aromatic nitrogens is 3. The number of thioether (sulfide) groups is 1. The number of amidine groups is 1. The van der Waals surface area contributed by atoms with Gasteiger partial charge in [0.15, 0.2) is 5.17 Å². The predicted octanol–water partition coefficient (Wildman–Crippen LogP) is 4.01. The number of nitriles is 1. The van der Waals surface area contributed by atoms with Crippen LogP contribution < -0.4 is 5.32 Å². The molecular weight excluding hydrogens is 542 g/mol. The van der Waals surface area contributed by atoms with E-state index in [0.717, 1.165) is 23.0 Å². The Hall–Kier alpha value is -4.15. The average Bonchev–Trinajstić information content (AvgIpc) is 3.34. The van der Waals surface area contributed by atoms with Crippen molar-refractivity contribution < 1.29 is 14.3 Å². The van der Waals surface area contributed by atoms with Gasteiger partial charge in [-0.2, -0.15) is 10.4 Å². The van der Waals surface area contributed by atoms with Gasteiger partial charge in [0.1, 0.15) is 16.7 Å². The number of nitrogens with one attached hydrogen (secondary N) is 3. The van der Waals surface area contributed by atoms with Crippen molar-refractivity contribution >= 4 is 39.3 Å². The molecule has 2 aliphatic rings. The summed E-state index contributed by atoms with van der Waals surface area (Å²) in [7, 11) is 0. The second-order valence-corrected chi connectivity index (χ2v) is 12.4. The lowest BCUT2D eigenvalue weighted by atomic mass is 9.99. The number of pyridine rings is 1. The van der Waals surface area contributed by atoms with Crippen LogP contribution in [0.3, 0.4) is 0 Å². The molecule has 1 amide bonds. The summed E-state index contributed by atoms with van der Waals surface area (Å²) in [4.78, 5) is 20.6. The number of hydrogen-bond acceptors (Lipinski definition) is 10. The number of carbonyl (C=O) groups is 1. The number of hydrogen-bond donors (Lipinski definition) is 3. The number of rotatable bonds is 4. The zero-order valence-corrected chi connectivity index (χ0v) is 24.3. The minimum atomic E-state index is -0.560. The molecule has 0 bridgehead atoms. The molecule has 0 unspecified atom stereocenters. The number of anilines is 1. The summed E-state index contributed by atoms with van der Waals surface area (Å²) in [5.41, 5.74) is 3.11. The van der Waals surface area contributed by atoms with Crippen molar-refractivity contribution in [1.29, 1.82) is 16.1 Å². The second-order valence-electron chi connectivity index (χ2n) is 11.4. The van der Waals surface area contributed by atoms with E-state index < -0.39 is 5.60 Å². The van der Waals surface area contributed by atoms with Gasteiger partial charge in [-0.05, 0) is 63.7 Å². The molecule has 3 N–H and O–H groups in total. The third-order valence-corrected chi connectivity index (χ3v) is 7.61. The Morgan fingerprint density at radius 3 is 2.49 bits per heavy atom. The molecule has 0 aromatic carbocycles. The Morgan fingerprint density at radius 2 is 1.85 bits per heavy atom. The zero-order valence-electron chi connectivity index (χ0n) is 23.5. The molecule has 12 nitrogen and oxygen atoms in total. The van der Waals surface area contributed by atoms with Gasteiger partial charge in [0.25, 0.3) is 0 Å². The smallest absolute Gasteiger partial charge is 0.410 e. The van der Waals surface area contributed by atoms with E-state index in [9.17, 15) is 10.1 Å². The van der Waals surface area contributed by atoms with E-state index in [0.29, 0.717) is 61.9 Å². The van der Waals surface area contributed by atoms with Crippen molar-refractivity contribution in [2.24, 2.45) is 0 Å². The summed E-state index contributed by atoms with van der Waals surface area (Å²) in [6, 6.07) is 9.54. The summed E-state index contributed by atoms with van der Waals surface area (Å²) in [6.07, 6.45) is 2.81. The molecule has 0 radical (unpaired) electrons. The number of carbonyl (C=O) groups excluding carboxylic acids is 1. The highest BCUT2D eigenvalue weighted by molar-refractivity contribution is 8.26. The van der Waals surface area contributed by atoms with E-state index in [4.69, 9.17) is 20.3 Å². The number of fused-ring (bicyclic) bond motifs is 1. The van der Waals surface area contributed by atoms with Crippen LogP contribution in [0.1, 0.15) is 38.8 Å². The van der Waals surface area contributed by atoms with Gasteiger partial charge in [-0.15, -0.1) is 0 Å². The lowest BCUT2D eigenvalue weighted by Gasteiger charge is -2.40. The third-order valence-electron chi connectivity index (χ3n) is 6.74. The Bertz CT molecular complexity index is 1540. The molecule has 0 aliphatic carbocycles. The SMILES string of the molecule is CC1(Nc2cc(-c3ccc4cc(C#N)cnn34)ncc2C(=N)SC(=N)N2CCN(C(=O)OC(C)(C)C)CC2)COC1. The second kappa shape index (κ2) is 11.0. The van der Waals surface area contributed by atoms with Crippen LogP contribution in [0, 0.1) is 22.1 Å². The maximum atomic E-state index is 12.4. The van der Waals surface area contributed by atoms with Crippen molar-refractivity contribution in [3.8, 4) is 17.5 Å². The van der Waals surface area contributed by atoms with E-state index in [2.05, 4.69) is 28.4 Å². The quantitative estimate of drug-likeness (QED) is 0.309. The topological polar surface area (TPSA) is 156 Å². The van der Waals surface area contributed by atoms with E-state index in [1.807, 2.05) is 43.9 Å². The lowest BCUT2D eigenvalue weighted by Crippen LogP contribution is -2.53. The van der Waals surface area contributed by atoms with Gasteiger partial charge in [0.2, 0.25) is 0 Å². The van der Waals surface area contributed by atoms with Crippen molar-refractivity contribution in [2.45, 2.75) is 38.8 Å². The van der Waals surface area contributed by atoms with Crippen LogP contribution >= 0.6 is 11.8 Å². The molecule has 0 spiro atoms. The minimum absolute atomic E-state index is 0.187. The van der Waals surface area contributed by atoms with Gasteiger partial charge in [-0.25, -0.2) is 9.31 Å². The fourth-order valence-corrected chi connectivity index (χ4v) is 5.35. The van der Waals surface area contributed by atoms with Crippen LogP contribution in [-0.4, -0.2) is 91.2 Å².